The number of ether oxygens (including phenoxy) is 2. The van der Waals surface area contributed by atoms with E-state index in [9.17, 15) is 14.7 Å². The number of carbonyl (C=O) groups excluding carboxylic acids is 2. The van der Waals surface area contributed by atoms with Gasteiger partial charge in [0.25, 0.3) is 0 Å². The van der Waals surface area contributed by atoms with Crippen molar-refractivity contribution < 1.29 is 24.2 Å². The van der Waals surface area contributed by atoms with E-state index in [4.69, 9.17) is 4.74 Å². The van der Waals surface area contributed by atoms with E-state index in [1.165, 1.54) is 7.11 Å². The number of aliphatic hydroxyl groups excluding tert-OH is 1. The number of esters is 1. The third-order valence-electron chi connectivity index (χ3n) is 5.93. The summed E-state index contributed by atoms with van der Waals surface area (Å²) in [6.45, 7) is 0.214. The maximum absolute atomic E-state index is 12.7. The predicted octanol–water partition coefficient (Wildman–Crippen LogP) is 3.87. The molecular formula is C24H30O5. The zero-order valence-electron chi connectivity index (χ0n) is 17.0. The second-order valence-corrected chi connectivity index (χ2v) is 7.85. The second-order valence-electron chi connectivity index (χ2n) is 7.85. The van der Waals surface area contributed by atoms with E-state index in [1.54, 1.807) is 6.08 Å². The number of rotatable bonds is 9. The van der Waals surface area contributed by atoms with Gasteiger partial charge in [-0.3, -0.25) is 9.59 Å². The molecule has 0 aliphatic heterocycles. The first-order valence-corrected chi connectivity index (χ1v) is 10.4. The summed E-state index contributed by atoms with van der Waals surface area (Å²) in [6.07, 6.45) is 9.72. The van der Waals surface area contributed by atoms with Crippen molar-refractivity contribution in [3.05, 3.63) is 54.1 Å². The minimum absolute atomic E-state index is 0.106. The number of unbranched alkanes of at least 4 members (excludes halogenated alkanes) is 1. The summed E-state index contributed by atoms with van der Waals surface area (Å²) in [5.41, 5.74) is 0.913. The highest BCUT2D eigenvalue weighted by molar-refractivity contribution is 6.00. The van der Waals surface area contributed by atoms with Gasteiger partial charge < -0.3 is 14.6 Å². The SMILES string of the molecule is COC(=O)CCCC=C1CC2C(C=CC(O)COc3ccccc3)CCC2C1=O. The lowest BCUT2D eigenvalue weighted by Gasteiger charge is -2.14. The van der Waals surface area contributed by atoms with Gasteiger partial charge >= 0.3 is 5.97 Å². The summed E-state index contributed by atoms with van der Waals surface area (Å²) < 4.78 is 10.2. The van der Waals surface area contributed by atoms with Crippen LogP contribution in [-0.2, 0) is 14.3 Å². The van der Waals surface area contributed by atoms with Crippen molar-refractivity contribution in [1.29, 1.82) is 0 Å². The summed E-state index contributed by atoms with van der Waals surface area (Å²) in [7, 11) is 1.39. The smallest absolute Gasteiger partial charge is 0.305 e. The minimum Gasteiger partial charge on any atom is -0.491 e. The normalized spacial score (nSPS) is 26.1. The van der Waals surface area contributed by atoms with Crippen LogP contribution in [0.3, 0.4) is 0 Å². The fourth-order valence-corrected chi connectivity index (χ4v) is 4.38. The van der Waals surface area contributed by atoms with Crippen LogP contribution in [0.25, 0.3) is 0 Å². The van der Waals surface area contributed by atoms with Crippen LogP contribution in [0.4, 0.5) is 0 Å². The van der Waals surface area contributed by atoms with Gasteiger partial charge in [0.05, 0.1) is 7.11 Å². The van der Waals surface area contributed by atoms with Gasteiger partial charge in [-0.2, -0.15) is 0 Å². The van der Waals surface area contributed by atoms with Crippen molar-refractivity contribution in [3.63, 3.8) is 0 Å². The molecule has 2 aliphatic carbocycles. The first kappa shape index (κ1) is 21.3. The Morgan fingerprint density at radius 1 is 1.28 bits per heavy atom. The largest absolute Gasteiger partial charge is 0.491 e. The molecule has 4 unspecified atom stereocenters. The van der Waals surface area contributed by atoms with Crippen LogP contribution >= 0.6 is 0 Å². The van der Waals surface area contributed by atoms with Crippen LogP contribution < -0.4 is 4.74 Å². The van der Waals surface area contributed by atoms with Gasteiger partial charge in [0.15, 0.2) is 5.78 Å². The van der Waals surface area contributed by atoms with Crippen molar-refractivity contribution in [2.24, 2.45) is 17.8 Å². The number of aliphatic hydroxyl groups is 1. The predicted molar refractivity (Wildman–Crippen MR) is 110 cm³/mol. The highest BCUT2D eigenvalue weighted by atomic mass is 16.5. The summed E-state index contributed by atoms with van der Waals surface area (Å²) in [4.78, 5) is 23.8. The van der Waals surface area contributed by atoms with Gasteiger partial charge in [-0.1, -0.05) is 36.4 Å². The van der Waals surface area contributed by atoms with Gasteiger partial charge in [0.1, 0.15) is 18.5 Å². The molecule has 5 heteroatoms. The number of allylic oxidation sites excluding steroid dienone is 3. The van der Waals surface area contributed by atoms with Gasteiger partial charge in [0, 0.05) is 12.3 Å². The molecule has 0 amide bonds. The average molecular weight is 398 g/mol. The molecule has 0 bridgehead atoms. The molecule has 0 spiro atoms. The van der Waals surface area contributed by atoms with Crippen LogP contribution in [0.5, 0.6) is 5.75 Å². The maximum atomic E-state index is 12.7. The third kappa shape index (κ3) is 5.80. The fourth-order valence-electron chi connectivity index (χ4n) is 4.38. The number of hydrogen-bond donors (Lipinski definition) is 1. The number of carbonyl (C=O) groups is 2. The third-order valence-corrected chi connectivity index (χ3v) is 5.93. The molecule has 3 rings (SSSR count). The zero-order chi connectivity index (χ0) is 20.6. The topological polar surface area (TPSA) is 72.8 Å². The molecule has 1 aromatic rings. The van der Waals surface area contributed by atoms with Crippen LogP contribution in [0.1, 0.15) is 38.5 Å². The Hall–Kier alpha value is -2.40. The van der Waals surface area contributed by atoms with Gasteiger partial charge in [0.2, 0.25) is 0 Å². The number of ketones is 1. The Kier molecular flexibility index (Phi) is 7.64. The van der Waals surface area contributed by atoms with E-state index in [2.05, 4.69) is 10.8 Å². The van der Waals surface area contributed by atoms with Crippen molar-refractivity contribution >= 4 is 11.8 Å². The van der Waals surface area contributed by atoms with Gasteiger partial charge in [-0.25, -0.2) is 0 Å². The van der Waals surface area contributed by atoms with Crippen LogP contribution in [0.15, 0.2) is 54.1 Å². The molecule has 2 aliphatic rings. The van der Waals surface area contributed by atoms with Crippen LogP contribution in [-0.4, -0.2) is 36.7 Å². The van der Waals surface area contributed by atoms with E-state index in [-0.39, 0.29) is 24.3 Å². The van der Waals surface area contributed by atoms with Gasteiger partial charge in [-0.15, -0.1) is 0 Å². The number of para-hydroxylation sites is 1. The van der Waals surface area contributed by atoms with E-state index in [0.29, 0.717) is 24.7 Å². The lowest BCUT2D eigenvalue weighted by molar-refractivity contribution is -0.140. The van der Waals surface area contributed by atoms with E-state index in [1.807, 2.05) is 36.4 Å². The monoisotopic (exact) mass is 398 g/mol. The number of Topliss-reactive ketones (excluding diaryl/α,β-unsaturated/α-hetero) is 1. The van der Waals surface area contributed by atoms with E-state index in [0.717, 1.165) is 37.0 Å². The van der Waals surface area contributed by atoms with Crippen molar-refractivity contribution in [3.8, 4) is 5.75 Å². The molecule has 1 N–H and O–H groups in total. The first-order chi connectivity index (χ1) is 14.1. The number of fused-ring (bicyclic) bond motifs is 1. The molecular weight excluding hydrogens is 368 g/mol. The van der Waals surface area contributed by atoms with Crippen molar-refractivity contribution in [1.82, 2.24) is 0 Å². The van der Waals surface area contributed by atoms with Crippen LogP contribution in [0.2, 0.25) is 0 Å². The van der Waals surface area contributed by atoms with Crippen molar-refractivity contribution in [2.45, 2.75) is 44.6 Å². The maximum Gasteiger partial charge on any atom is 0.305 e. The summed E-state index contributed by atoms with van der Waals surface area (Å²) in [5, 5.41) is 10.2. The highest BCUT2D eigenvalue weighted by Crippen LogP contribution is 2.48. The number of benzene rings is 1. The molecule has 1 aromatic carbocycles. The molecule has 0 heterocycles. The average Bonchev–Trinajstić information content (AvgIpc) is 3.28. The van der Waals surface area contributed by atoms with Gasteiger partial charge in [-0.05, 0) is 61.6 Å². The highest BCUT2D eigenvalue weighted by Gasteiger charge is 2.45. The lowest BCUT2D eigenvalue weighted by atomic mass is 9.91. The second kappa shape index (κ2) is 10.4. The summed E-state index contributed by atoms with van der Waals surface area (Å²) in [5.74, 6) is 1.55. The zero-order valence-corrected chi connectivity index (χ0v) is 17.0. The molecule has 5 nitrogen and oxygen atoms in total. The number of methoxy groups -OCH3 is 1. The Balaban J connectivity index is 1.48. The Labute approximate surface area is 172 Å². The molecule has 2 saturated carbocycles. The molecule has 29 heavy (non-hydrogen) atoms. The lowest BCUT2D eigenvalue weighted by Crippen LogP contribution is -2.16. The fraction of sp³-hybridized carbons (Fsp3) is 0.500. The quantitative estimate of drug-likeness (QED) is 0.296. The summed E-state index contributed by atoms with van der Waals surface area (Å²) >= 11 is 0. The molecule has 4 atom stereocenters. The molecule has 0 radical (unpaired) electrons. The molecule has 2 fully saturated rings. The Bertz CT molecular complexity index is 752. The molecule has 156 valence electrons. The van der Waals surface area contributed by atoms with Crippen LogP contribution in [0, 0.1) is 17.8 Å². The first-order valence-electron chi connectivity index (χ1n) is 10.4. The molecule has 0 saturated heterocycles. The summed E-state index contributed by atoms with van der Waals surface area (Å²) in [6, 6.07) is 9.44. The number of hydrogen-bond acceptors (Lipinski definition) is 5. The van der Waals surface area contributed by atoms with E-state index < -0.39 is 6.10 Å². The molecule has 0 aromatic heterocycles. The standard InChI is InChI=1S/C24H30O5/c1-28-23(26)10-6-5-7-18-15-22-17(12-14-21(22)24(18)27)11-13-19(25)16-29-20-8-3-2-4-9-20/h2-4,7-9,11,13,17,19,21-22,25H,5-6,10,12,14-16H2,1H3. The Morgan fingerprint density at radius 3 is 2.83 bits per heavy atom. The van der Waals surface area contributed by atoms with E-state index >= 15 is 0 Å². The Morgan fingerprint density at radius 2 is 2.07 bits per heavy atom. The van der Waals surface area contributed by atoms with Crippen molar-refractivity contribution in [2.75, 3.05) is 13.7 Å². The minimum atomic E-state index is -0.667.